The van der Waals surface area contributed by atoms with Crippen LogP contribution in [0.5, 0.6) is 5.75 Å². The van der Waals surface area contributed by atoms with Gasteiger partial charge in [0.1, 0.15) is 5.75 Å². The normalized spacial score (nSPS) is 15.8. The molecule has 5 nitrogen and oxygen atoms in total. The Kier molecular flexibility index (Phi) is 6.06. The summed E-state index contributed by atoms with van der Waals surface area (Å²) in [7, 11) is 1.55. The van der Waals surface area contributed by atoms with Gasteiger partial charge in [-0.3, -0.25) is 9.59 Å². The number of nitrogens with one attached hydrogen (secondary N) is 1. The smallest absolute Gasteiger partial charge is 0.262 e. The van der Waals surface area contributed by atoms with E-state index in [-0.39, 0.29) is 18.4 Å². The van der Waals surface area contributed by atoms with Gasteiger partial charge >= 0.3 is 0 Å². The Labute approximate surface area is 161 Å². The molecule has 0 fully saturated rings. The van der Waals surface area contributed by atoms with Crippen molar-refractivity contribution >= 4 is 40.9 Å². The minimum Gasteiger partial charge on any atom is -0.477 e. The molecule has 26 heavy (non-hydrogen) atoms. The molecule has 1 aliphatic rings. The van der Waals surface area contributed by atoms with E-state index in [4.69, 9.17) is 16.3 Å². The van der Waals surface area contributed by atoms with E-state index in [9.17, 15) is 9.59 Å². The highest BCUT2D eigenvalue weighted by atomic mass is 35.5. The molecule has 0 unspecified atom stereocenters. The second-order valence-corrected chi connectivity index (χ2v) is 7.17. The van der Waals surface area contributed by atoms with Crippen molar-refractivity contribution in [1.82, 2.24) is 5.32 Å². The molecule has 0 saturated carbocycles. The third-order valence-corrected chi connectivity index (χ3v) is 5.39. The molecule has 0 saturated heterocycles. The van der Waals surface area contributed by atoms with Crippen LogP contribution in [0, 0.1) is 0 Å². The Bertz CT molecular complexity index is 815. The molecular weight excluding hydrogens is 372 g/mol. The number of fused-ring (bicyclic) bond motifs is 1. The second kappa shape index (κ2) is 8.47. The van der Waals surface area contributed by atoms with E-state index in [0.29, 0.717) is 28.0 Å². The Morgan fingerprint density at radius 3 is 2.73 bits per heavy atom. The first-order valence-electron chi connectivity index (χ1n) is 8.19. The molecule has 2 amide bonds. The van der Waals surface area contributed by atoms with Crippen molar-refractivity contribution in [2.24, 2.45) is 0 Å². The summed E-state index contributed by atoms with van der Waals surface area (Å²) in [6, 6.07) is 14.9. The Morgan fingerprint density at radius 1 is 1.23 bits per heavy atom. The molecule has 0 radical (unpaired) electrons. The van der Waals surface area contributed by atoms with Gasteiger partial charge in [0.2, 0.25) is 5.91 Å². The summed E-state index contributed by atoms with van der Waals surface area (Å²) < 4.78 is 5.72. The molecule has 0 aliphatic carbocycles. The van der Waals surface area contributed by atoms with Crippen molar-refractivity contribution in [3.8, 4) is 5.75 Å². The van der Waals surface area contributed by atoms with Crippen LogP contribution in [-0.2, 0) is 15.3 Å². The lowest BCUT2D eigenvalue weighted by Crippen LogP contribution is -2.50. The Morgan fingerprint density at radius 2 is 1.96 bits per heavy atom. The molecule has 2 aromatic rings. The fourth-order valence-corrected chi connectivity index (χ4v) is 3.90. The fraction of sp³-hybridized carbons (Fsp3) is 0.263. The van der Waals surface area contributed by atoms with Gasteiger partial charge in [0.25, 0.3) is 5.91 Å². The lowest BCUT2D eigenvalue weighted by molar-refractivity contribution is -0.127. The zero-order valence-corrected chi connectivity index (χ0v) is 15.8. The quantitative estimate of drug-likeness (QED) is 0.852. The largest absolute Gasteiger partial charge is 0.477 e. The first-order valence-corrected chi connectivity index (χ1v) is 9.72. The second-order valence-electron chi connectivity index (χ2n) is 5.78. The van der Waals surface area contributed by atoms with Gasteiger partial charge in [-0.1, -0.05) is 41.9 Å². The molecule has 1 heterocycles. The standard InChI is InChI=1S/C19H19ClN2O3S/c1-21-19(24)17-10-22(15-8-4-5-9-16(15)25-17)18(23)12-26-11-13-6-2-3-7-14(13)20/h2-9,17H,10-12H2,1H3,(H,21,24)/t17-/m0/s1. The monoisotopic (exact) mass is 390 g/mol. The highest BCUT2D eigenvalue weighted by Gasteiger charge is 2.33. The molecule has 136 valence electrons. The lowest BCUT2D eigenvalue weighted by atomic mass is 10.2. The van der Waals surface area contributed by atoms with Crippen molar-refractivity contribution in [2.75, 3.05) is 24.2 Å². The Balaban J connectivity index is 1.69. The third kappa shape index (κ3) is 4.14. The molecule has 1 N–H and O–H groups in total. The van der Waals surface area contributed by atoms with Crippen LogP contribution in [0.25, 0.3) is 0 Å². The summed E-state index contributed by atoms with van der Waals surface area (Å²) in [5.74, 6) is 1.17. The number of anilines is 1. The van der Waals surface area contributed by atoms with Gasteiger partial charge in [0.05, 0.1) is 18.0 Å². The minimum atomic E-state index is -0.715. The van der Waals surface area contributed by atoms with Gasteiger partial charge in [-0.25, -0.2) is 0 Å². The number of hydrogen-bond donors (Lipinski definition) is 1. The van der Waals surface area contributed by atoms with Crippen LogP contribution in [0.1, 0.15) is 5.56 Å². The van der Waals surface area contributed by atoms with Crippen molar-refractivity contribution in [1.29, 1.82) is 0 Å². The van der Waals surface area contributed by atoms with Crippen LogP contribution in [0.4, 0.5) is 5.69 Å². The van der Waals surface area contributed by atoms with Crippen molar-refractivity contribution in [2.45, 2.75) is 11.9 Å². The van der Waals surface area contributed by atoms with E-state index in [1.807, 2.05) is 42.5 Å². The molecular formula is C19H19ClN2O3S. The number of rotatable bonds is 5. The number of para-hydroxylation sites is 2. The number of carbonyl (C=O) groups is 2. The van der Waals surface area contributed by atoms with E-state index >= 15 is 0 Å². The van der Waals surface area contributed by atoms with Crippen molar-refractivity contribution in [3.05, 3.63) is 59.1 Å². The number of thioether (sulfide) groups is 1. The number of likely N-dealkylation sites (N-methyl/N-ethyl adjacent to an activating group) is 1. The molecule has 1 atom stereocenters. The zero-order chi connectivity index (χ0) is 18.5. The first kappa shape index (κ1) is 18.6. The average Bonchev–Trinajstić information content (AvgIpc) is 2.67. The van der Waals surface area contributed by atoms with Crippen LogP contribution in [0.2, 0.25) is 5.02 Å². The van der Waals surface area contributed by atoms with Crippen molar-refractivity contribution < 1.29 is 14.3 Å². The highest BCUT2D eigenvalue weighted by molar-refractivity contribution is 7.99. The van der Waals surface area contributed by atoms with Gasteiger partial charge < -0.3 is 15.0 Å². The predicted molar refractivity (Wildman–Crippen MR) is 105 cm³/mol. The molecule has 0 aromatic heterocycles. The number of hydrogen-bond acceptors (Lipinski definition) is 4. The van der Waals surface area contributed by atoms with E-state index in [0.717, 1.165) is 5.56 Å². The van der Waals surface area contributed by atoms with Gasteiger partial charge in [-0.05, 0) is 23.8 Å². The summed E-state index contributed by atoms with van der Waals surface area (Å²) in [6.07, 6.45) is -0.715. The van der Waals surface area contributed by atoms with Crippen LogP contribution in [0.15, 0.2) is 48.5 Å². The minimum absolute atomic E-state index is 0.0632. The number of ether oxygens (including phenoxy) is 1. The molecule has 1 aliphatic heterocycles. The first-order chi connectivity index (χ1) is 12.6. The van der Waals surface area contributed by atoms with Crippen LogP contribution < -0.4 is 15.0 Å². The molecule has 2 aromatic carbocycles. The van der Waals surface area contributed by atoms with Gasteiger partial charge in [0.15, 0.2) is 6.10 Å². The Hall–Kier alpha value is -2.18. The fourth-order valence-electron chi connectivity index (χ4n) is 2.71. The summed E-state index contributed by atoms with van der Waals surface area (Å²) >= 11 is 7.65. The summed E-state index contributed by atoms with van der Waals surface area (Å²) in [5.41, 5.74) is 1.69. The maximum atomic E-state index is 12.8. The summed E-state index contributed by atoms with van der Waals surface area (Å²) in [5, 5.41) is 3.27. The number of carbonyl (C=O) groups excluding carboxylic acids is 2. The van der Waals surface area contributed by atoms with Gasteiger partial charge in [0, 0.05) is 17.8 Å². The maximum absolute atomic E-state index is 12.8. The van der Waals surface area contributed by atoms with E-state index in [2.05, 4.69) is 5.32 Å². The van der Waals surface area contributed by atoms with Crippen LogP contribution in [-0.4, -0.2) is 37.3 Å². The van der Waals surface area contributed by atoms with Gasteiger partial charge in [-0.2, -0.15) is 0 Å². The number of nitrogens with zero attached hydrogens (tertiary/aromatic N) is 1. The van der Waals surface area contributed by atoms with Gasteiger partial charge in [-0.15, -0.1) is 11.8 Å². The van der Waals surface area contributed by atoms with Crippen LogP contribution >= 0.6 is 23.4 Å². The van der Waals surface area contributed by atoms with E-state index in [1.54, 1.807) is 18.0 Å². The topological polar surface area (TPSA) is 58.6 Å². The highest BCUT2D eigenvalue weighted by Crippen LogP contribution is 2.33. The van der Waals surface area contributed by atoms with E-state index in [1.165, 1.54) is 11.8 Å². The molecule has 7 heteroatoms. The average molecular weight is 391 g/mol. The maximum Gasteiger partial charge on any atom is 0.262 e. The van der Waals surface area contributed by atoms with E-state index < -0.39 is 6.10 Å². The number of amides is 2. The predicted octanol–water partition coefficient (Wildman–Crippen LogP) is 3.11. The summed E-state index contributed by atoms with van der Waals surface area (Å²) in [4.78, 5) is 26.4. The zero-order valence-electron chi connectivity index (χ0n) is 14.3. The lowest BCUT2D eigenvalue weighted by Gasteiger charge is -2.34. The summed E-state index contributed by atoms with van der Waals surface area (Å²) in [6.45, 7) is 0.197. The number of benzene rings is 2. The van der Waals surface area contributed by atoms with Crippen molar-refractivity contribution in [3.63, 3.8) is 0 Å². The molecule has 0 bridgehead atoms. The molecule has 3 rings (SSSR count). The number of halogens is 1. The third-order valence-electron chi connectivity index (χ3n) is 4.05. The molecule has 0 spiro atoms. The SMILES string of the molecule is CNC(=O)[C@@H]1CN(C(=O)CSCc2ccccc2Cl)c2ccccc2O1. The van der Waals surface area contributed by atoms with Crippen LogP contribution in [0.3, 0.4) is 0 Å².